The Bertz CT molecular complexity index is 559. The largest absolute Gasteiger partial charge is 0.455 e. The standard InChI is InChI=1S/C14H14N2O2.ClH/c1-10(17)16-13-9-11(15)7-8-14(13)18-12-5-3-2-4-6-12;/h2-9H,15H2,1H3,(H,16,17);1H. The Hall–Kier alpha value is -2.20. The zero-order valence-electron chi connectivity index (χ0n) is 10.4. The third-order valence-corrected chi connectivity index (χ3v) is 2.29. The average molecular weight is 279 g/mol. The van der Waals surface area contributed by atoms with E-state index in [2.05, 4.69) is 5.32 Å². The van der Waals surface area contributed by atoms with Gasteiger partial charge in [-0.15, -0.1) is 12.4 Å². The van der Waals surface area contributed by atoms with Gasteiger partial charge in [0, 0.05) is 12.6 Å². The molecular weight excluding hydrogens is 264 g/mol. The second-order valence-electron chi connectivity index (χ2n) is 3.85. The summed E-state index contributed by atoms with van der Waals surface area (Å²) in [4.78, 5) is 11.1. The van der Waals surface area contributed by atoms with E-state index in [0.717, 1.165) is 0 Å². The van der Waals surface area contributed by atoms with Crippen molar-refractivity contribution in [2.24, 2.45) is 0 Å². The van der Waals surface area contributed by atoms with E-state index in [9.17, 15) is 4.79 Å². The van der Waals surface area contributed by atoms with Crippen LogP contribution in [0.2, 0.25) is 0 Å². The summed E-state index contributed by atoms with van der Waals surface area (Å²) in [7, 11) is 0. The molecule has 0 aliphatic carbocycles. The van der Waals surface area contributed by atoms with Gasteiger partial charge in [0.15, 0.2) is 5.75 Å². The van der Waals surface area contributed by atoms with Gasteiger partial charge in [0.05, 0.1) is 5.69 Å². The quantitative estimate of drug-likeness (QED) is 0.845. The van der Waals surface area contributed by atoms with Crippen LogP contribution in [0.5, 0.6) is 11.5 Å². The monoisotopic (exact) mass is 278 g/mol. The van der Waals surface area contributed by atoms with Crippen molar-refractivity contribution in [2.75, 3.05) is 11.1 Å². The molecule has 0 radical (unpaired) electrons. The maximum atomic E-state index is 11.1. The molecule has 0 saturated heterocycles. The van der Waals surface area contributed by atoms with Crippen LogP contribution >= 0.6 is 12.4 Å². The van der Waals surface area contributed by atoms with Crippen molar-refractivity contribution in [2.45, 2.75) is 6.92 Å². The van der Waals surface area contributed by atoms with E-state index in [0.29, 0.717) is 22.9 Å². The van der Waals surface area contributed by atoms with Crippen molar-refractivity contribution in [3.63, 3.8) is 0 Å². The van der Waals surface area contributed by atoms with Gasteiger partial charge in [-0.2, -0.15) is 0 Å². The Kier molecular flexibility index (Phi) is 5.21. The Labute approximate surface area is 118 Å². The van der Waals surface area contributed by atoms with E-state index in [1.54, 1.807) is 18.2 Å². The zero-order chi connectivity index (χ0) is 13.0. The molecule has 0 saturated carbocycles. The third kappa shape index (κ3) is 4.19. The summed E-state index contributed by atoms with van der Waals surface area (Å²) < 4.78 is 5.70. The molecule has 0 unspecified atom stereocenters. The number of amides is 1. The number of nitrogen functional groups attached to an aromatic ring is 1. The number of hydrogen-bond donors (Lipinski definition) is 2. The average Bonchev–Trinajstić information content (AvgIpc) is 2.33. The van der Waals surface area contributed by atoms with Gasteiger partial charge in [0.2, 0.25) is 5.91 Å². The fourth-order valence-corrected chi connectivity index (χ4v) is 1.54. The number of carbonyl (C=O) groups is 1. The topological polar surface area (TPSA) is 64.4 Å². The maximum Gasteiger partial charge on any atom is 0.221 e. The predicted octanol–water partition coefficient (Wildman–Crippen LogP) is 3.44. The van der Waals surface area contributed by atoms with Crippen molar-refractivity contribution in [1.82, 2.24) is 0 Å². The van der Waals surface area contributed by atoms with E-state index >= 15 is 0 Å². The summed E-state index contributed by atoms with van der Waals surface area (Å²) in [6.07, 6.45) is 0. The van der Waals surface area contributed by atoms with Crippen molar-refractivity contribution >= 4 is 29.7 Å². The van der Waals surface area contributed by atoms with Crippen LogP contribution in [-0.2, 0) is 4.79 Å². The summed E-state index contributed by atoms with van der Waals surface area (Å²) in [6, 6.07) is 14.5. The lowest BCUT2D eigenvalue weighted by Gasteiger charge is -2.12. The molecule has 0 aromatic heterocycles. The van der Waals surface area contributed by atoms with Crippen LogP contribution in [0.4, 0.5) is 11.4 Å². The van der Waals surface area contributed by atoms with Crippen LogP contribution in [0.1, 0.15) is 6.92 Å². The van der Waals surface area contributed by atoms with Gasteiger partial charge in [-0.25, -0.2) is 0 Å². The molecule has 3 N–H and O–H groups in total. The number of nitrogens with two attached hydrogens (primary N) is 1. The van der Waals surface area contributed by atoms with Crippen molar-refractivity contribution in [3.05, 3.63) is 48.5 Å². The van der Waals surface area contributed by atoms with Gasteiger partial charge in [-0.1, -0.05) is 18.2 Å². The molecule has 0 aliphatic rings. The highest BCUT2D eigenvalue weighted by Crippen LogP contribution is 2.31. The molecule has 4 nitrogen and oxygen atoms in total. The lowest BCUT2D eigenvalue weighted by atomic mass is 10.2. The highest BCUT2D eigenvalue weighted by Gasteiger charge is 2.06. The van der Waals surface area contributed by atoms with E-state index in [-0.39, 0.29) is 18.3 Å². The normalized spacial score (nSPS) is 9.32. The molecule has 1 amide bonds. The van der Waals surface area contributed by atoms with Gasteiger partial charge in [0.25, 0.3) is 0 Å². The molecule has 5 heteroatoms. The Morgan fingerprint density at radius 2 is 1.84 bits per heavy atom. The molecule has 100 valence electrons. The fourth-order valence-electron chi connectivity index (χ4n) is 1.54. The first-order chi connectivity index (χ1) is 8.65. The van der Waals surface area contributed by atoms with Crippen LogP contribution in [0.15, 0.2) is 48.5 Å². The van der Waals surface area contributed by atoms with Crippen LogP contribution in [0, 0.1) is 0 Å². The second kappa shape index (κ2) is 6.66. The molecule has 2 aromatic rings. The van der Waals surface area contributed by atoms with Gasteiger partial charge in [-0.05, 0) is 30.3 Å². The van der Waals surface area contributed by atoms with E-state index in [1.807, 2.05) is 30.3 Å². The van der Waals surface area contributed by atoms with Crippen LogP contribution in [0.3, 0.4) is 0 Å². The van der Waals surface area contributed by atoms with E-state index in [1.165, 1.54) is 6.92 Å². The number of hydrogen-bond acceptors (Lipinski definition) is 3. The van der Waals surface area contributed by atoms with Gasteiger partial charge in [-0.3, -0.25) is 4.79 Å². The molecule has 19 heavy (non-hydrogen) atoms. The van der Waals surface area contributed by atoms with Crippen LogP contribution < -0.4 is 15.8 Å². The number of benzene rings is 2. The first kappa shape index (κ1) is 14.9. The Morgan fingerprint density at radius 1 is 1.16 bits per heavy atom. The molecule has 2 aromatic carbocycles. The van der Waals surface area contributed by atoms with Crippen LogP contribution in [0.25, 0.3) is 0 Å². The number of rotatable bonds is 3. The Morgan fingerprint density at radius 3 is 2.47 bits per heavy atom. The minimum atomic E-state index is -0.168. The van der Waals surface area contributed by atoms with Crippen molar-refractivity contribution in [3.8, 4) is 11.5 Å². The van der Waals surface area contributed by atoms with Gasteiger partial charge >= 0.3 is 0 Å². The van der Waals surface area contributed by atoms with Gasteiger partial charge < -0.3 is 15.8 Å². The van der Waals surface area contributed by atoms with Crippen molar-refractivity contribution in [1.29, 1.82) is 0 Å². The number of carbonyl (C=O) groups excluding carboxylic acids is 1. The second-order valence-corrected chi connectivity index (χ2v) is 3.85. The minimum Gasteiger partial charge on any atom is -0.455 e. The summed E-state index contributed by atoms with van der Waals surface area (Å²) in [5.41, 5.74) is 6.82. The van der Waals surface area contributed by atoms with Crippen LogP contribution in [-0.4, -0.2) is 5.91 Å². The number of anilines is 2. The van der Waals surface area contributed by atoms with Gasteiger partial charge in [0.1, 0.15) is 5.75 Å². The molecule has 0 fully saturated rings. The lowest BCUT2D eigenvalue weighted by Crippen LogP contribution is -2.07. The smallest absolute Gasteiger partial charge is 0.221 e. The number of halogens is 1. The summed E-state index contributed by atoms with van der Waals surface area (Å²) in [5, 5.41) is 2.69. The predicted molar refractivity (Wildman–Crippen MR) is 78.9 cm³/mol. The molecule has 0 atom stereocenters. The summed E-state index contributed by atoms with van der Waals surface area (Å²) >= 11 is 0. The zero-order valence-corrected chi connectivity index (χ0v) is 11.2. The highest BCUT2D eigenvalue weighted by molar-refractivity contribution is 5.91. The molecule has 2 rings (SSSR count). The van der Waals surface area contributed by atoms with E-state index in [4.69, 9.17) is 10.5 Å². The lowest BCUT2D eigenvalue weighted by molar-refractivity contribution is -0.114. The molecule has 0 bridgehead atoms. The number of para-hydroxylation sites is 1. The molecule has 0 aliphatic heterocycles. The first-order valence-corrected chi connectivity index (χ1v) is 5.55. The SMILES string of the molecule is CC(=O)Nc1cc(N)ccc1Oc1ccccc1.Cl. The highest BCUT2D eigenvalue weighted by atomic mass is 35.5. The minimum absolute atomic E-state index is 0. The maximum absolute atomic E-state index is 11.1. The number of nitrogens with one attached hydrogen (secondary N) is 1. The van der Waals surface area contributed by atoms with Crippen molar-refractivity contribution < 1.29 is 9.53 Å². The number of ether oxygens (including phenoxy) is 1. The summed E-state index contributed by atoms with van der Waals surface area (Å²) in [6.45, 7) is 1.44. The summed E-state index contributed by atoms with van der Waals surface area (Å²) in [5.74, 6) is 1.10. The van der Waals surface area contributed by atoms with E-state index < -0.39 is 0 Å². The molecule has 0 heterocycles. The fraction of sp³-hybridized carbons (Fsp3) is 0.0714. The molecular formula is C14H15ClN2O2. The Balaban J connectivity index is 0.00000180. The first-order valence-electron chi connectivity index (χ1n) is 5.55. The molecule has 0 spiro atoms. The third-order valence-electron chi connectivity index (χ3n) is 2.29.